The van der Waals surface area contributed by atoms with Crippen molar-refractivity contribution < 1.29 is 12.8 Å². The summed E-state index contributed by atoms with van der Waals surface area (Å²) in [5.74, 6) is 0.945. The Morgan fingerprint density at radius 3 is 2.31 bits per heavy atom. The van der Waals surface area contributed by atoms with Crippen molar-refractivity contribution in [2.45, 2.75) is 44.2 Å². The van der Waals surface area contributed by atoms with E-state index in [4.69, 9.17) is 11.6 Å². The molecule has 0 fully saturated rings. The Labute approximate surface area is 174 Å². The Morgan fingerprint density at radius 1 is 1.07 bits per heavy atom. The van der Waals surface area contributed by atoms with E-state index >= 15 is 0 Å². The van der Waals surface area contributed by atoms with Gasteiger partial charge in [-0.2, -0.15) is 0 Å². The minimum atomic E-state index is -3.84. The zero-order valence-electron chi connectivity index (χ0n) is 16.1. The van der Waals surface area contributed by atoms with Gasteiger partial charge in [-0.1, -0.05) is 30.7 Å². The molecule has 3 aromatic rings. The number of hydrogen-bond donors (Lipinski definition) is 1. The van der Waals surface area contributed by atoms with Gasteiger partial charge in [-0.15, -0.1) is 10.2 Å². The third-order valence-electron chi connectivity index (χ3n) is 4.57. The molecule has 0 bridgehead atoms. The second kappa shape index (κ2) is 9.02. The van der Waals surface area contributed by atoms with Crippen LogP contribution in [0.25, 0.3) is 0 Å². The lowest BCUT2D eigenvalue weighted by molar-refractivity contribution is 0.521. The minimum Gasteiger partial charge on any atom is -0.314 e. The Balaban J connectivity index is 1.99. The van der Waals surface area contributed by atoms with Gasteiger partial charge in [0.1, 0.15) is 11.6 Å². The lowest BCUT2D eigenvalue weighted by Gasteiger charge is -2.20. The van der Waals surface area contributed by atoms with Crippen LogP contribution in [-0.4, -0.2) is 23.2 Å². The van der Waals surface area contributed by atoms with E-state index in [0.717, 1.165) is 11.4 Å². The fourth-order valence-electron chi connectivity index (χ4n) is 3.12. The highest BCUT2D eigenvalue weighted by Gasteiger charge is 2.26. The molecule has 154 valence electrons. The maximum atomic E-state index is 13.3. The van der Waals surface area contributed by atoms with Crippen LogP contribution in [0.1, 0.15) is 37.1 Å². The molecule has 1 heterocycles. The molecule has 0 aliphatic heterocycles. The quantitative estimate of drug-likeness (QED) is 0.580. The number of halogens is 2. The van der Waals surface area contributed by atoms with Gasteiger partial charge in [0.25, 0.3) is 0 Å². The zero-order chi connectivity index (χ0) is 21.0. The third kappa shape index (κ3) is 5.01. The normalized spacial score (nSPS) is 12.8. The summed E-state index contributed by atoms with van der Waals surface area (Å²) >= 11 is 5.87. The summed E-state index contributed by atoms with van der Waals surface area (Å²) in [6, 6.07) is 11.2. The molecule has 0 saturated heterocycles. The van der Waals surface area contributed by atoms with Gasteiger partial charge < -0.3 is 4.57 Å². The van der Waals surface area contributed by atoms with E-state index in [1.807, 2.05) is 18.4 Å². The SMILES string of the molecule is CCc1nnc(C(Cc2ccc(F)cc2)NS(=O)(=O)c2ccc(Cl)cc2)n1CC. The first kappa shape index (κ1) is 21.4. The van der Waals surface area contributed by atoms with Gasteiger partial charge in [-0.3, -0.25) is 0 Å². The van der Waals surface area contributed by atoms with Gasteiger partial charge >= 0.3 is 0 Å². The highest BCUT2D eigenvalue weighted by atomic mass is 35.5. The van der Waals surface area contributed by atoms with Gasteiger partial charge in [0.2, 0.25) is 10.0 Å². The van der Waals surface area contributed by atoms with Crippen LogP contribution in [-0.2, 0) is 29.4 Å². The summed E-state index contributed by atoms with van der Waals surface area (Å²) in [7, 11) is -3.84. The van der Waals surface area contributed by atoms with E-state index in [2.05, 4.69) is 14.9 Å². The summed E-state index contributed by atoms with van der Waals surface area (Å²) in [5.41, 5.74) is 0.777. The topological polar surface area (TPSA) is 76.9 Å². The van der Waals surface area contributed by atoms with Crippen molar-refractivity contribution in [2.75, 3.05) is 0 Å². The van der Waals surface area contributed by atoms with Crippen molar-refractivity contribution in [1.82, 2.24) is 19.5 Å². The van der Waals surface area contributed by atoms with Gasteiger partial charge in [-0.05, 0) is 55.3 Å². The van der Waals surface area contributed by atoms with Crippen molar-refractivity contribution in [1.29, 1.82) is 0 Å². The summed E-state index contributed by atoms with van der Waals surface area (Å²) in [5, 5.41) is 8.90. The van der Waals surface area contributed by atoms with Crippen molar-refractivity contribution >= 4 is 21.6 Å². The van der Waals surface area contributed by atoms with E-state index in [-0.39, 0.29) is 10.7 Å². The largest absolute Gasteiger partial charge is 0.314 e. The standard InChI is InChI=1S/C20H22ClFN4O2S/c1-3-19-23-24-20(26(19)4-2)18(13-14-5-9-16(22)10-6-14)25-29(27,28)17-11-7-15(21)8-12-17/h5-12,18,25H,3-4,13H2,1-2H3. The monoisotopic (exact) mass is 436 g/mol. The number of benzene rings is 2. The van der Waals surface area contributed by atoms with Gasteiger partial charge in [0.05, 0.1) is 10.9 Å². The number of nitrogens with zero attached hydrogens (tertiary/aromatic N) is 3. The second-order valence-corrected chi connectivity index (χ2v) is 8.68. The summed E-state index contributed by atoms with van der Waals surface area (Å²) in [6.07, 6.45) is 0.975. The Morgan fingerprint density at radius 2 is 1.72 bits per heavy atom. The molecule has 0 aliphatic rings. The highest BCUT2D eigenvalue weighted by Crippen LogP contribution is 2.23. The van der Waals surface area contributed by atoms with Gasteiger partial charge in [-0.25, -0.2) is 17.5 Å². The number of hydrogen-bond acceptors (Lipinski definition) is 4. The number of aromatic nitrogens is 3. The van der Waals surface area contributed by atoms with E-state index in [1.54, 1.807) is 12.1 Å². The highest BCUT2D eigenvalue weighted by molar-refractivity contribution is 7.89. The first-order chi connectivity index (χ1) is 13.8. The number of nitrogens with one attached hydrogen (secondary N) is 1. The predicted octanol–water partition coefficient (Wildman–Crippen LogP) is 3.92. The fourth-order valence-corrected chi connectivity index (χ4v) is 4.44. The molecule has 1 aromatic heterocycles. The molecular weight excluding hydrogens is 415 g/mol. The molecule has 0 radical (unpaired) electrons. The van der Waals surface area contributed by atoms with Crippen LogP contribution in [0.4, 0.5) is 4.39 Å². The second-order valence-electron chi connectivity index (χ2n) is 6.53. The minimum absolute atomic E-state index is 0.101. The number of aryl methyl sites for hydroxylation is 1. The lowest BCUT2D eigenvalue weighted by atomic mass is 10.1. The molecule has 2 aromatic carbocycles. The molecular formula is C20H22ClFN4O2S. The average molecular weight is 437 g/mol. The van der Waals surface area contributed by atoms with Crippen molar-refractivity contribution in [3.63, 3.8) is 0 Å². The first-order valence-corrected chi connectivity index (χ1v) is 11.1. The Hall–Kier alpha value is -2.29. The molecule has 1 N–H and O–H groups in total. The molecule has 0 spiro atoms. The summed E-state index contributed by atoms with van der Waals surface area (Å²) < 4.78 is 43.9. The summed E-state index contributed by atoms with van der Waals surface area (Å²) in [4.78, 5) is 0.101. The average Bonchev–Trinajstić information content (AvgIpc) is 3.12. The molecule has 0 saturated carbocycles. The summed E-state index contributed by atoms with van der Waals surface area (Å²) in [6.45, 7) is 4.52. The third-order valence-corrected chi connectivity index (χ3v) is 6.31. The van der Waals surface area contributed by atoms with Crippen LogP contribution in [0.5, 0.6) is 0 Å². The Kier molecular flexibility index (Phi) is 6.66. The van der Waals surface area contributed by atoms with Crippen LogP contribution in [0.15, 0.2) is 53.4 Å². The molecule has 1 unspecified atom stereocenters. The lowest BCUT2D eigenvalue weighted by Crippen LogP contribution is -2.32. The van der Waals surface area contributed by atoms with Crippen molar-refractivity contribution in [3.8, 4) is 0 Å². The van der Waals surface area contributed by atoms with Crippen molar-refractivity contribution in [3.05, 3.63) is 76.6 Å². The van der Waals surface area contributed by atoms with E-state index in [0.29, 0.717) is 30.2 Å². The Bertz CT molecular complexity index is 1070. The van der Waals surface area contributed by atoms with Crippen LogP contribution < -0.4 is 4.72 Å². The molecule has 9 heteroatoms. The van der Waals surface area contributed by atoms with E-state index in [9.17, 15) is 12.8 Å². The van der Waals surface area contributed by atoms with Crippen LogP contribution in [0, 0.1) is 5.82 Å². The molecule has 0 aliphatic carbocycles. The van der Waals surface area contributed by atoms with E-state index < -0.39 is 16.1 Å². The van der Waals surface area contributed by atoms with Gasteiger partial charge in [0, 0.05) is 18.0 Å². The smallest absolute Gasteiger partial charge is 0.241 e. The number of rotatable bonds is 8. The predicted molar refractivity (Wildman–Crippen MR) is 110 cm³/mol. The van der Waals surface area contributed by atoms with Crippen LogP contribution >= 0.6 is 11.6 Å². The molecule has 3 rings (SSSR count). The van der Waals surface area contributed by atoms with Crippen LogP contribution in [0.3, 0.4) is 0 Å². The van der Waals surface area contributed by atoms with E-state index in [1.165, 1.54) is 36.4 Å². The zero-order valence-corrected chi connectivity index (χ0v) is 17.7. The van der Waals surface area contributed by atoms with Crippen LogP contribution in [0.2, 0.25) is 5.02 Å². The molecule has 1 atom stereocenters. The first-order valence-electron chi connectivity index (χ1n) is 9.28. The number of sulfonamides is 1. The molecule has 29 heavy (non-hydrogen) atoms. The fraction of sp³-hybridized carbons (Fsp3) is 0.300. The van der Waals surface area contributed by atoms with Crippen molar-refractivity contribution in [2.24, 2.45) is 0 Å². The maximum Gasteiger partial charge on any atom is 0.241 e. The maximum absolute atomic E-state index is 13.3. The molecule has 0 amide bonds. The molecule has 6 nitrogen and oxygen atoms in total. The van der Waals surface area contributed by atoms with Gasteiger partial charge in [0.15, 0.2) is 5.82 Å².